The van der Waals surface area contributed by atoms with Gasteiger partial charge in [0.05, 0.1) is 12.1 Å². The number of aromatic nitrogens is 2. The molecular formula is C12H16F3N3S. The summed E-state index contributed by atoms with van der Waals surface area (Å²) in [7, 11) is 0. The van der Waals surface area contributed by atoms with E-state index < -0.39 is 12.6 Å². The Morgan fingerprint density at radius 2 is 2.05 bits per heavy atom. The molecule has 0 bridgehead atoms. The van der Waals surface area contributed by atoms with Crippen LogP contribution in [0.15, 0.2) is 0 Å². The van der Waals surface area contributed by atoms with Gasteiger partial charge in [0.15, 0.2) is 0 Å². The van der Waals surface area contributed by atoms with Gasteiger partial charge < -0.3 is 5.32 Å². The molecule has 2 heterocycles. The number of alkyl halides is 3. The van der Waals surface area contributed by atoms with Crippen LogP contribution in [0.25, 0.3) is 0 Å². The van der Waals surface area contributed by atoms with Crippen molar-refractivity contribution in [3.63, 3.8) is 0 Å². The van der Waals surface area contributed by atoms with E-state index in [4.69, 9.17) is 0 Å². The predicted molar refractivity (Wildman–Crippen MR) is 70.2 cm³/mol. The molecule has 1 aromatic rings. The van der Waals surface area contributed by atoms with E-state index in [1.165, 1.54) is 0 Å². The van der Waals surface area contributed by atoms with Crippen LogP contribution < -0.4 is 5.32 Å². The number of halogens is 3. The minimum absolute atomic E-state index is 0.151. The van der Waals surface area contributed by atoms with E-state index in [2.05, 4.69) is 15.3 Å². The summed E-state index contributed by atoms with van der Waals surface area (Å²) in [5.74, 6) is 2.60. The fourth-order valence-corrected chi connectivity index (χ4v) is 2.90. The molecular weight excluding hydrogens is 275 g/mol. The minimum Gasteiger partial charge on any atom is -0.370 e. The summed E-state index contributed by atoms with van der Waals surface area (Å²) in [5.41, 5.74) is 1.94. The Kier molecular flexibility index (Phi) is 4.54. The first-order valence-corrected chi connectivity index (χ1v) is 7.42. The number of nitrogens with zero attached hydrogens (tertiary/aromatic N) is 2. The smallest absolute Gasteiger partial charge is 0.370 e. The van der Waals surface area contributed by atoms with Gasteiger partial charge in [-0.15, -0.1) is 0 Å². The maximum absolute atomic E-state index is 12.2. The highest BCUT2D eigenvalue weighted by Gasteiger charge is 2.28. The van der Waals surface area contributed by atoms with Crippen molar-refractivity contribution in [1.82, 2.24) is 9.97 Å². The zero-order valence-electron chi connectivity index (χ0n) is 10.7. The molecule has 2 rings (SSSR count). The zero-order valence-corrected chi connectivity index (χ0v) is 11.5. The van der Waals surface area contributed by atoms with Crippen LogP contribution in [-0.2, 0) is 17.9 Å². The van der Waals surface area contributed by atoms with Crippen LogP contribution in [0.2, 0.25) is 0 Å². The Morgan fingerprint density at radius 1 is 1.26 bits per heavy atom. The number of nitrogens with one attached hydrogen (secondary N) is 1. The maximum atomic E-state index is 12.2. The van der Waals surface area contributed by atoms with Gasteiger partial charge in [-0.2, -0.15) is 24.9 Å². The Labute approximate surface area is 114 Å². The van der Waals surface area contributed by atoms with E-state index in [0.717, 1.165) is 35.7 Å². The lowest BCUT2D eigenvalue weighted by atomic mass is 10.2. The molecule has 0 spiro atoms. The molecule has 1 N–H and O–H groups in total. The molecule has 3 nitrogen and oxygen atoms in total. The monoisotopic (exact) mass is 291 g/mol. The third-order valence-electron chi connectivity index (χ3n) is 2.80. The largest absolute Gasteiger partial charge is 0.389 e. The van der Waals surface area contributed by atoms with Gasteiger partial charge in [0, 0.05) is 30.0 Å². The molecule has 0 atom stereocenters. The first kappa shape index (κ1) is 14.4. The third kappa shape index (κ3) is 3.99. The topological polar surface area (TPSA) is 37.8 Å². The van der Waals surface area contributed by atoms with Gasteiger partial charge in [-0.05, 0) is 6.42 Å². The molecule has 0 aromatic carbocycles. The Balaban J connectivity index is 2.16. The summed E-state index contributed by atoms with van der Waals surface area (Å²) < 4.78 is 36.7. The Hall–Kier alpha value is -0.980. The first-order chi connectivity index (χ1) is 8.99. The molecule has 0 fully saturated rings. The van der Waals surface area contributed by atoms with E-state index in [0.29, 0.717) is 5.82 Å². The molecule has 0 amide bonds. The van der Waals surface area contributed by atoms with Crippen LogP contribution in [0.4, 0.5) is 19.0 Å². The minimum atomic E-state index is -4.16. The summed E-state index contributed by atoms with van der Waals surface area (Å²) in [4.78, 5) is 8.50. The second kappa shape index (κ2) is 5.98. The highest BCUT2D eigenvalue weighted by Crippen LogP contribution is 2.33. The molecule has 19 heavy (non-hydrogen) atoms. The number of hydrogen-bond acceptors (Lipinski definition) is 4. The van der Waals surface area contributed by atoms with E-state index in [1.54, 1.807) is 11.8 Å². The predicted octanol–water partition coefficient (Wildman–Crippen LogP) is 3.54. The van der Waals surface area contributed by atoms with E-state index in [9.17, 15) is 13.2 Å². The molecule has 0 saturated heterocycles. The van der Waals surface area contributed by atoms with Gasteiger partial charge >= 0.3 is 6.18 Å². The second-order valence-electron chi connectivity index (χ2n) is 4.45. The maximum Gasteiger partial charge on any atom is 0.389 e. The molecule has 0 unspecified atom stereocenters. The molecule has 0 aliphatic carbocycles. The van der Waals surface area contributed by atoms with Crippen molar-refractivity contribution >= 4 is 17.6 Å². The molecule has 1 aliphatic rings. The number of hydrogen-bond donors (Lipinski definition) is 1. The lowest BCUT2D eigenvalue weighted by molar-refractivity contribution is -0.134. The quantitative estimate of drug-likeness (QED) is 0.900. The summed E-state index contributed by atoms with van der Waals surface area (Å²) in [6, 6.07) is 0. The molecule has 1 aliphatic heterocycles. The third-order valence-corrected chi connectivity index (χ3v) is 3.77. The van der Waals surface area contributed by atoms with Crippen molar-refractivity contribution in [2.45, 2.75) is 43.9 Å². The van der Waals surface area contributed by atoms with Crippen molar-refractivity contribution in [3.05, 3.63) is 17.1 Å². The van der Waals surface area contributed by atoms with Crippen LogP contribution in [0, 0.1) is 0 Å². The second-order valence-corrected chi connectivity index (χ2v) is 5.43. The molecule has 106 valence electrons. The highest BCUT2D eigenvalue weighted by atomic mass is 32.2. The average Bonchev–Trinajstić information content (AvgIpc) is 2.80. The van der Waals surface area contributed by atoms with E-state index in [-0.39, 0.29) is 12.2 Å². The van der Waals surface area contributed by atoms with Gasteiger partial charge in [0.1, 0.15) is 11.6 Å². The van der Waals surface area contributed by atoms with Crippen molar-refractivity contribution in [2.24, 2.45) is 0 Å². The van der Waals surface area contributed by atoms with Gasteiger partial charge in [-0.3, -0.25) is 0 Å². The number of thioether (sulfide) groups is 1. The van der Waals surface area contributed by atoms with Crippen molar-refractivity contribution in [3.8, 4) is 0 Å². The van der Waals surface area contributed by atoms with Crippen LogP contribution in [0.1, 0.15) is 36.8 Å². The van der Waals surface area contributed by atoms with Crippen molar-refractivity contribution < 1.29 is 13.2 Å². The number of aryl methyl sites for hydroxylation is 1. The van der Waals surface area contributed by atoms with Gasteiger partial charge in [-0.25, -0.2) is 9.97 Å². The van der Waals surface area contributed by atoms with Gasteiger partial charge in [0.25, 0.3) is 0 Å². The lowest BCUT2D eigenvalue weighted by Crippen LogP contribution is -2.13. The normalized spacial score (nSPS) is 14.5. The van der Waals surface area contributed by atoms with E-state index in [1.807, 2.05) is 6.92 Å². The van der Waals surface area contributed by atoms with E-state index >= 15 is 0 Å². The molecule has 0 saturated carbocycles. The van der Waals surface area contributed by atoms with Gasteiger partial charge in [0.2, 0.25) is 0 Å². The molecule has 0 radical (unpaired) electrons. The first-order valence-electron chi connectivity index (χ1n) is 6.26. The van der Waals surface area contributed by atoms with Crippen LogP contribution in [0.5, 0.6) is 0 Å². The van der Waals surface area contributed by atoms with Gasteiger partial charge in [-0.1, -0.05) is 6.92 Å². The molecule has 7 heteroatoms. The summed E-state index contributed by atoms with van der Waals surface area (Å²) in [5, 5.41) is 3.19. The Bertz CT molecular complexity index is 449. The standard InChI is InChI=1S/C12H16F3N3S/c1-2-5-16-11-8-6-19-7-9(8)17-10(18-11)3-4-12(13,14)15/h2-7H2,1H3,(H,16,17,18). The summed E-state index contributed by atoms with van der Waals surface area (Å²) in [6.07, 6.45) is -4.23. The van der Waals surface area contributed by atoms with Crippen LogP contribution in [-0.4, -0.2) is 22.7 Å². The Morgan fingerprint density at radius 3 is 2.74 bits per heavy atom. The number of anilines is 1. The highest BCUT2D eigenvalue weighted by molar-refractivity contribution is 7.98. The fraction of sp³-hybridized carbons (Fsp3) is 0.667. The zero-order chi connectivity index (χ0) is 13.9. The van der Waals surface area contributed by atoms with Crippen molar-refractivity contribution in [2.75, 3.05) is 11.9 Å². The number of rotatable bonds is 5. The lowest BCUT2D eigenvalue weighted by Gasteiger charge is -2.11. The summed E-state index contributed by atoms with van der Waals surface area (Å²) in [6.45, 7) is 2.81. The SMILES string of the molecule is CCCNc1nc(CCC(F)(F)F)nc2c1CSC2. The molecule has 1 aromatic heterocycles. The van der Waals surface area contributed by atoms with Crippen LogP contribution in [0.3, 0.4) is 0 Å². The van der Waals surface area contributed by atoms with Crippen molar-refractivity contribution in [1.29, 1.82) is 0 Å². The average molecular weight is 291 g/mol. The summed E-state index contributed by atoms with van der Waals surface area (Å²) >= 11 is 1.72. The fourth-order valence-electron chi connectivity index (χ4n) is 1.86. The van der Waals surface area contributed by atoms with Crippen LogP contribution >= 0.6 is 11.8 Å². The number of fused-ring (bicyclic) bond motifs is 1.